The Labute approximate surface area is 261 Å². The van der Waals surface area contributed by atoms with E-state index in [9.17, 15) is 27.2 Å². The molecule has 46 heavy (non-hydrogen) atoms. The third-order valence-corrected chi connectivity index (χ3v) is 8.09. The lowest BCUT2D eigenvalue weighted by Crippen LogP contribution is -2.35. The molecule has 1 atom stereocenters. The molecule has 0 aliphatic carbocycles. The van der Waals surface area contributed by atoms with Crippen LogP contribution in [0, 0.1) is 5.82 Å². The van der Waals surface area contributed by atoms with Crippen LogP contribution in [0.25, 0.3) is 0 Å². The van der Waals surface area contributed by atoms with Crippen molar-refractivity contribution in [3.8, 4) is 0 Å². The van der Waals surface area contributed by atoms with Gasteiger partial charge in [-0.05, 0) is 55.0 Å². The molecule has 4 aromatic rings. The number of benzene rings is 2. The fraction of sp³-hybridized carbons (Fsp3) is 0.312. The Hall–Kier alpha value is -5.14. The van der Waals surface area contributed by atoms with Gasteiger partial charge in [0, 0.05) is 32.2 Å². The maximum absolute atomic E-state index is 13.9. The van der Waals surface area contributed by atoms with Gasteiger partial charge in [0.05, 0.1) is 17.6 Å². The minimum absolute atomic E-state index is 0.0931. The van der Waals surface area contributed by atoms with E-state index >= 15 is 0 Å². The lowest BCUT2D eigenvalue weighted by molar-refractivity contribution is -0.141. The smallest absolute Gasteiger partial charge is 0.417 e. The summed E-state index contributed by atoms with van der Waals surface area (Å²) >= 11 is 0. The van der Waals surface area contributed by atoms with Gasteiger partial charge in [-0.25, -0.2) is 14.2 Å². The Morgan fingerprint density at radius 2 is 1.63 bits per heavy atom. The van der Waals surface area contributed by atoms with Crippen LogP contribution in [0.2, 0.25) is 0 Å². The van der Waals surface area contributed by atoms with Crippen LogP contribution in [0.3, 0.4) is 0 Å². The second-order valence-corrected chi connectivity index (χ2v) is 11.2. The summed E-state index contributed by atoms with van der Waals surface area (Å²) in [4.78, 5) is 36.6. The van der Waals surface area contributed by atoms with Crippen LogP contribution in [0.5, 0.6) is 0 Å². The average molecular weight is 638 g/mol. The largest absolute Gasteiger partial charge is 0.437 e. The van der Waals surface area contributed by atoms with Crippen molar-refractivity contribution in [2.75, 3.05) is 47.0 Å². The lowest BCUT2D eigenvalue weighted by atomic mass is 9.90. The van der Waals surface area contributed by atoms with Crippen molar-refractivity contribution in [3.63, 3.8) is 0 Å². The van der Waals surface area contributed by atoms with Gasteiger partial charge in [0.25, 0.3) is 11.9 Å². The second-order valence-electron chi connectivity index (χ2n) is 11.2. The predicted octanol–water partition coefficient (Wildman–Crippen LogP) is 6.58. The zero-order valence-corrected chi connectivity index (χ0v) is 24.6. The van der Waals surface area contributed by atoms with Gasteiger partial charge in [-0.3, -0.25) is 4.79 Å². The number of likely N-dealkylation sites (tertiary alicyclic amines) is 1. The van der Waals surface area contributed by atoms with E-state index in [-0.39, 0.29) is 29.3 Å². The first-order valence-electron chi connectivity index (χ1n) is 14.9. The number of pyridine rings is 1. The number of urea groups is 1. The summed E-state index contributed by atoms with van der Waals surface area (Å²) in [5.74, 6) is -1.83. The molecule has 2 aromatic heterocycles. The highest BCUT2D eigenvalue weighted by molar-refractivity contribution is 6.03. The van der Waals surface area contributed by atoms with Crippen LogP contribution in [0.4, 0.5) is 45.6 Å². The summed E-state index contributed by atoms with van der Waals surface area (Å²) in [6, 6.07) is 18.1. The molecule has 0 unspecified atom stereocenters. The third kappa shape index (κ3) is 7.05. The molecule has 4 heterocycles. The van der Waals surface area contributed by atoms with Crippen LogP contribution in [-0.4, -0.2) is 59.0 Å². The Morgan fingerprint density at radius 3 is 2.33 bits per heavy atom. The number of aromatic nitrogens is 2. The summed E-state index contributed by atoms with van der Waals surface area (Å²) < 4.78 is 60.9. The van der Waals surface area contributed by atoms with Crippen LogP contribution in [0.15, 0.2) is 77.3 Å². The van der Waals surface area contributed by atoms with Gasteiger partial charge in [-0.2, -0.15) is 18.2 Å². The molecule has 2 saturated heterocycles. The number of nitrogens with zero attached hydrogens (tertiary/aromatic N) is 4. The molecule has 3 N–H and O–H groups in total. The number of rotatable bonds is 7. The molecule has 0 bridgehead atoms. The zero-order valence-electron chi connectivity index (χ0n) is 24.6. The maximum atomic E-state index is 13.9. The summed E-state index contributed by atoms with van der Waals surface area (Å²) in [5.41, 5.74) is 0.0363. The van der Waals surface area contributed by atoms with Gasteiger partial charge in [0.15, 0.2) is 5.69 Å². The van der Waals surface area contributed by atoms with Crippen molar-refractivity contribution in [2.45, 2.75) is 37.4 Å². The molecule has 2 aromatic carbocycles. The van der Waals surface area contributed by atoms with E-state index in [4.69, 9.17) is 4.42 Å². The van der Waals surface area contributed by atoms with E-state index in [1.165, 1.54) is 36.0 Å². The Balaban J connectivity index is 1.05. The number of hydrogen-bond acceptors (Lipinski definition) is 7. The van der Waals surface area contributed by atoms with Gasteiger partial charge in [-0.1, -0.05) is 42.5 Å². The number of alkyl halides is 3. The van der Waals surface area contributed by atoms with Crippen molar-refractivity contribution in [2.24, 2.45) is 0 Å². The first-order valence-corrected chi connectivity index (χ1v) is 14.9. The van der Waals surface area contributed by atoms with Crippen LogP contribution < -0.4 is 20.9 Å². The molecular weight excluding hydrogens is 606 g/mol. The van der Waals surface area contributed by atoms with Crippen molar-refractivity contribution in [1.29, 1.82) is 0 Å². The average Bonchev–Trinajstić information content (AvgIpc) is 3.72. The van der Waals surface area contributed by atoms with Gasteiger partial charge >= 0.3 is 12.2 Å². The number of carbonyl (C=O) groups excluding carboxylic acids is 2. The van der Waals surface area contributed by atoms with Gasteiger partial charge in [0.1, 0.15) is 11.6 Å². The molecule has 2 aliphatic rings. The summed E-state index contributed by atoms with van der Waals surface area (Å²) in [6.45, 7) is 1.66. The molecule has 0 radical (unpaired) electrons. The van der Waals surface area contributed by atoms with E-state index in [0.29, 0.717) is 51.3 Å². The van der Waals surface area contributed by atoms with Crippen LogP contribution >= 0.6 is 0 Å². The molecule has 2 fully saturated rings. The number of para-hydroxylation sites is 1. The van der Waals surface area contributed by atoms with Crippen molar-refractivity contribution < 1.29 is 31.6 Å². The predicted molar refractivity (Wildman–Crippen MR) is 163 cm³/mol. The van der Waals surface area contributed by atoms with Crippen molar-refractivity contribution in [3.05, 3.63) is 95.8 Å². The fourth-order valence-electron chi connectivity index (χ4n) is 5.69. The van der Waals surface area contributed by atoms with Crippen molar-refractivity contribution in [1.82, 2.24) is 14.9 Å². The highest BCUT2D eigenvalue weighted by atomic mass is 19.4. The van der Waals surface area contributed by atoms with E-state index in [1.807, 2.05) is 30.3 Å². The highest BCUT2D eigenvalue weighted by Crippen LogP contribution is 2.36. The standard InChI is InChI=1S/C32H31F4N7O3/c33-24-8-4-5-9-25(24)40-30(45)43-17-14-23(19-43)38-26-11-10-22(18-37-26)39-29(44)27-28(32(34,35)36)41-31(46-27)42-15-12-21(13-16-42)20-6-2-1-3-7-20/h1-11,18,21,23H,12-17,19H2,(H,37,38)(H,39,44)(H,40,45)/t23-/m0/s1. The number of amides is 3. The topological polar surface area (TPSA) is 116 Å². The van der Waals surface area contributed by atoms with Gasteiger partial charge in [-0.15, -0.1) is 0 Å². The number of carbonyl (C=O) groups is 2. The first kappa shape index (κ1) is 30.9. The quantitative estimate of drug-likeness (QED) is 0.196. The third-order valence-electron chi connectivity index (χ3n) is 8.09. The maximum Gasteiger partial charge on any atom is 0.437 e. The molecule has 0 saturated carbocycles. The lowest BCUT2D eigenvalue weighted by Gasteiger charge is -2.31. The SMILES string of the molecule is O=C(Nc1ccc(N[C@H]2CCN(C(=O)Nc3ccccc3F)C2)nc1)c1oc(N2CCC(c3ccccc3)CC2)nc1C(F)(F)F. The Morgan fingerprint density at radius 1 is 0.891 bits per heavy atom. The summed E-state index contributed by atoms with van der Waals surface area (Å²) in [7, 11) is 0. The van der Waals surface area contributed by atoms with E-state index in [2.05, 4.69) is 25.9 Å². The minimum Gasteiger partial charge on any atom is -0.417 e. The number of nitrogens with one attached hydrogen (secondary N) is 3. The van der Waals surface area contributed by atoms with E-state index in [1.54, 1.807) is 21.9 Å². The van der Waals surface area contributed by atoms with Crippen molar-refractivity contribution >= 4 is 35.1 Å². The molecule has 10 nitrogen and oxygen atoms in total. The molecule has 3 amide bonds. The molecule has 6 rings (SSSR count). The number of hydrogen-bond donors (Lipinski definition) is 3. The number of oxazole rings is 1. The van der Waals surface area contributed by atoms with E-state index in [0.717, 1.165) is 0 Å². The fourth-order valence-corrected chi connectivity index (χ4v) is 5.69. The zero-order chi connectivity index (χ0) is 32.3. The molecule has 2 aliphatic heterocycles. The summed E-state index contributed by atoms with van der Waals surface area (Å²) in [5, 5.41) is 8.17. The minimum atomic E-state index is -4.90. The first-order chi connectivity index (χ1) is 22.1. The normalized spacial score (nSPS) is 17.2. The molecule has 0 spiro atoms. The Bertz CT molecular complexity index is 1670. The Kier molecular flexibility index (Phi) is 8.77. The van der Waals surface area contributed by atoms with Gasteiger partial charge < -0.3 is 30.2 Å². The number of piperidine rings is 1. The molecule has 14 heteroatoms. The monoisotopic (exact) mass is 637 g/mol. The molecule has 240 valence electrons. The second kappa shape index (κ2) is 13.1. The number of anilines is 4. The molecular formula is C32H31F4N7O3. The number of halogens is 4. The van der Waals surface area contributed by atoms with Crippen LogP contribution in [-0.2, 0) is 6.18 Å². The summed E-state index contributed by atoms with van der Waals surface area (Å²) in [6.07, 6.45) is -1.56. The van der Waals surface area contributed by atoms with Gasteiger partial charge in [0.2, 0.25) is 5.76 Å². The van der Waals surface area contributed by atoms with E-state index < -0.39 is 35.4 Å². The highest BCUT2D eigenvalue weighted by Gasteiger charge is 2.42. The van der Waals surface area contributed by atoms with Crippen LogP contribution in [0.1, 0.15) is 47.0 Å².